The number of rotatable bonds is 3. The van der Waals surface area contributed by atoms with Crippen LogP contribution in [0.3, 0.4) is 0 Å². The fourth-order valence-electron chi connectivity index (χ4n) is 2.31. The van der Waals surface area contributed by atoms with E-state index in [1.165, 1.54) is 0 Å². The Bertz CT molecular complexity index is 638. The number of aromatic amines is 1. The van der Waals surface area contributed by atoms with Crippen molar-refractivity contribution in [3.8, 4) is 0 Å². The molecule has 0 saturated heterocycles. The Morgan fingerprint density at radius 3 is 3.05 bits per heavy atom. The summed E-state index contributed by atoms with van der Waals surface area (Å²) in [5, 5.41) is 14.3. The number of nitrogens with zero attached hydrogens (tertiary/aromatic N) is 2. The van der Waals surface area contributed by atoms with Crippen molar-refractivity contribution in [2.75, 3.05) is 6.54 Å². The minimum Gasteiger partial charge on any atom is -0.342 e. The second-order valence-corrected chi connectivity index (χ2v) is 6.23. The number of nitrogens with one attached hydrogen (secondary N) is 3. The predicted octanol–water partition coefficient (Wildman–Crippen LogP) is 1.73. The van der Waals surface area contributed by atoms with Gasteiger partial charge in [0.2, 0.25) is 0 Å². The van der Waals surface area contributed by atoms with E-state index in [2.05, 4.69) is 25.8 Å². The average molecular weight is 328 g/mol. The van der Waals surface area contributed by atoms with Gasteiger partial charge in [-0.1, -0.05) is 0 Å². The smallest absolute Gasteiger partial charge is 0.272 e. The highest BCUT2D eigenvalue weighted by Crippen LogP contribution is 2.20. The van der Waals surface area contributed by atoms with Gasteiger partial charge in [-0.05, 0) is 13.8 Å². The molecule has 114 valence electrons. The number of fused-ring (bicyclic) bond motifs is 1. The van der Waals surface area contributed by atoms with Crippen molar-refractivity contribution in [1.82, 2.24) is 25.8 Å². The third-order valence-electron chi connectivity index (χ3n) is 3.38. The van der Waals surface area contributed by atoms with Crippen LogP contribution in [-0.2, 0) is 13.0 Å². The Morgan fingerprint density at radius 2 is 2.33 bits per heavy atom. The van der Waals surface area contributed by atoms with Crippen LogP contribution in [0.1, 0.15) is 44.6 Å². The van der Waals surface area contributed by atoms with Crippen LogP contribution in [-0.4, -0.2) is 27.6 Å². The highest BCUT2D eigenvalue weighted by Gasteiger charge is 2.23. The molecule has 1 unspecified atom stereocenters. The number of hydrogen-bond acceptors (Lipinski definition) is 5. The Morgan fingerprint density at radius 1 is 1.52 bits per heavy atom. The van der Waals surface area contributed by atoms with Gasteiger partial charge in [-0.2, -0.15) is 5.10 Å². The topological polar surface area (TPSA) is 82.7 Å². The summed E-state index contributed by atoms with van der Waals surface area (Å²) >= 11 is 1.60. The summed E-state index contributed by atoms with van der Waals surface area (Å²) in [6, 6.07) is -0.106. The quantitative estimate of drug-likeness (QED) is 0.802. The summed E-state index contributed by atoms with van der Waals surface area (Å²) in [5.41, 5.74) is 2.54. The third kappa shape index (κ3) is 3.25. The fraction of sp³-hybridized carbons (Fsp3) is 0.462. The molecule has 21 heavy (non-hydrogen) atoms. The minimum absolute atomic E-state index is 0. The van der Waals surface area contributed by atoms with Gasteiger partial charge in [-0.3, -0.25) is 9.89 Å². The molecule has 3 N–H and O–H groups in total. The zero-order valence-electron chi connectivity index (χ0n) is 11.9. The van der Waals surface area contributed by atoms with E-state index >= 15 is 0 Å². The molecule has 0 bridgehead atoms. The lowest BCUT2D eigenvalue weighted by Crippen LogP contribution is -2.30. The zero-order valence-corrected chi connectivity index (χ0v) is 13.5. The highest BCUT2D eigenvalue weighted by atomic mass is 35.5. The molecular formula is C13H18ClN5OS. The van der Waals surface area contributed by atoms with Gasteiger partial charge in [0.25, 0.3) is 5.91 Å². The number of aryl methyl sites for hydroxylation is 1. The molecule has 0 aromatic carbocycles. The summed E-state index contributed by atoms with van der Waals surface area (Å²) in [6.45, 7) is 5.56. The SMILES string of the molecule is Cc1cnc(C(C)NC(=O)c2n[nH]c3c2CNCC3)s1.Cl. The summed E-state index contributed by atoms with van der Waals surface area (Å²) in [4.78, 5) is 17.8. The standard InChI is InChI=1S/C13H17N5OS.ClH/c1-7-5-15-13(20-7)8(2)16-12(19)11-9-6-14-4-3-10(9)17-18-11;/h5,8,14H,3-4,6H2,1-2H3,(H,16,19)(H,17,18);1H. The summed E-state index contributed by atoms with van der Waals surface area (Å²) in [6.07, 6.45) is 2.71. The fourth-order valence-corrected chi connectivity index (χ4v) is 3.09. The lowest BCUT2D eigenvalue weighted by molar-refractivity contribution is 0.0933. The molecule has 0 spiro atoms. The Labute approximate surface area is 133 Å². The number of halogens is 1. The predicted molar refractivity (Wildman–Crippen MR) is 84.0 cm³/mol. The molecule has 2 aromatic heterocycles. The van der Waals surface area contributed by atoms with Crippen LogP contribution in [0.4, 0.5) is 0 Å². The maximum Gasteiger partial charge on any atom is 0.272 e. The molecule has 1 amide bonds. The molecular weight excluding hydrogens is 310 g/mol. The highest BCUT2D eigenvalue weighted by molar-refractivity contribution is 7.11. The van der Waals surface area contributed by atoms with Crippen LogP contribution in [0.5, 0.6) is 0 Å². The number of amides is 1. The van der Waals surface area contributed by atoms with Crippen molar-refractivity contribution in [1.29, 1.82) is 0 Å². The van der Waals surface area contributed by atoms with Crippen molar-refractivity contribution in [2.45, 2.75) is 32.9 Å². The van der Waals surface area contributed by atoms with Gasteiger partial charge in [0.15, 0.2) is 5.69 Å². The van der Waals surface area contributed by atoms with Crippen molar-refractivity contribution < 1.29 is 4.79 Å². The van der Waals surface area contributed by atoms with Crippen LogP contribution in [0, 0.1) is 6.92 Å². The van der Waals surface area contributed by atoms with E-state index in [-0.39, 0.29) is 24.4 Å². The Hall–Kier alpha value is -1.44. The monoisotopic (exact) mass is 327 g/mol. The van der Waals surface area contributed by atoms with Gasteiger partial charge in [-0.25, -0.2) is 4.98 Å². The maximum atomic E-state index is 12.3. The summed E-state index contributed by atoms with van der Waals surface area (Å²) in [7, 11) is 0. The normalized spacial score (nSPS) is 15.0. The van der Waals surface area contributed by atoms with Crippen LogP contribution in [0.2, 0.25) is 0 Å². The van der Waals surface area contributed by atoms with Crippen molar-refractivity contribution in [2.24, 2.45) is 0 Å². The number of aromatic nitrogens is 3. The average Bonchev–Trinajstić information content (AvgIpc) is 3.04. The lowest BCUT2D eigenvalue weighted by atomic mass is 10.1. The first kappa shape index (κ1) is 15.9. The number of carbonyl (C=O) groups is 1. The van der Waals surface area contributed by atoms with E-state index in [0.29, 0.717) is 12.2 Å². The van der Waals surface area contributed by atoms with E-state index < -0.39 is 0 Å². The number of hydrogen-bond donors (Lipinski definition) is 3. The molecule has 6 nitrogen and oxygen atoms in total. The number of thiazole rings is 1. The van der Waals surface area contributed by atoms with E-state index in [9.17, 15) is 4.79 Å². The van der Waals surface area contributed by atoms with Crippen LogP contribution >= 0.6 is 23.7 Å². The zero-order chi connectivity index (χ0) is 14.1. The number of carbonyl (C=O) groups excluding carboxylic acids is 1. The minimum atomic E-state index is -0.147. The molecule has 0 saturated carbocycles. The van der Waals surface area contributed by atoms with Gasteiger partial charge >= 0.3 is 0 Å². The van der Waals surface area contributed by atoms with Crippen LogP contribution < -0.4 is 10.6 Å². The molecule has 3 rings (SSSR count). The molecule has 0 fully saturated rings. The van der Waals surface area contributed by atoms with Gasteiger partial charge in [0.05, 0.1) is 6.04 Å². The van der Waals surface area contributed by atoms with E-state index in [1.54, 1.807) is 11.3 Å². The van der Waals surface area contributed by atoms with E-state index in [1.807, 2.05) is 20.0 Å². The van der Waals surface area contributed by atoms with Crippen molar-refractivity contribution in [3.05, 3.63) is 33.0 Å². The van der Waals surface area contributed by atoms with Crippen LogP contribution in [0.15, 0.2) is 6.20 Å². The van der Waals surface area contributed by atoms with Crippen LogP contribution in [0.25, 0.3) is 0 Å². The molecule has 3 heterocycles. The molecule has 0 aliphatic carbocycles. The molecule has 0 radical (unpaired) electrons. The van der Waals surface area contributed by atoms with Gasteiger partial charge < -0.3 is 10.6 Å². The van der Waals surface area contributed by atoms with Crippen molar-refractivity contribution >= 4 is 29.7 Å². The molecule has 8 heteroatoms. The Kier molecular flexibility index (Phi) is 4.97. The Balaban J connectivity index is 0.00000161. The second kappa shape index (κ2) is 6.55. The van der Waals surface area contributed by atoms with Crippen molar-refractivity contribution in [3.63, 3.8) is 0 Å². The molecule has 1 aliphatic rings. The van der Waals surface area contributed by atoms with Gasteiger partial charge in [0, 0.05) is 41.8 Å². The van der Waals surface area contributed by atoms with Gasteiger partial charge in [0.1, 0.15) is 5.01 Å². The first-order chi connectivity index (χ1) is 9.65. The van der Waals surface area contributed by atoms with E-state index in [4.69, 9.17) is 0 Å². The first-order valence-corrected chi connectivity index (χ1v) is 7.47. The molecule has 1 atom stereocenters. The van der Waals surface area contributed by atoms with E-state index in [0.717, 1.165) is 34.1 Å². The number of H-pyrrole nitrogens is 1. The third-order valence-corrected chi connectivity index (χ3v) is 4.47. The largest absolute Gasteiger partial charge is 0.342 e. The molecule has 2 aromatic rings. The molecule has 1 aliphatic heterocycles. The lowest BCUT2D eigenvalue weighted by Gasteiger charge is -2.14. The maximum absolute atomic E-state index is 12.3. The second-order valence-electron chi connectivity index (χ2n) is 4.96. The summed E-state index contributed by atoms with van der Waals surface area (Å²) < 4.78 is 0. The van der Waals surface area contributed by atoms with Gasteiger partial charge in [-0.15, -0.1) is 23.7 Å². The first-order valence-electron chi connectivity index (χ1n) is 6.65. The summed E-state index contributed by atoms with van der Waals surface area (Å²) in [5.74, 6) is -0.147.